The smallest absolute Gasteiger partial charge is 0.262 e. The maximum absolute atomic E-state index is 12.9. The molecule has 3 aromatic rings. The largest absolute Gasteiger partial charge is 0.294 e. The van der Waals surface area contributed by atoms with Crippen molar-refractivity contribution < 1.29 is 4.79 Å². The molecule has 1 heterocycles. The molecule has 128 valence electrons. The van der Waals surface area contributed by atoms with Crippen LogP contribution in [0, 0.1) is 0 Å². The third-order valence-corrected chi connectivity index (χ3v) is 4.77. The molecule has 0 aliphatic rings. The fourth-order valence-corrected chi connectivity index (χ4v) is 3.34. The van der Waals surface area contributed by atoms with Crippen molar-refractivity contribution in [3.05, 3.63) is 69.5 Å². The quantitative estimate of drug-likeness (QED) is 0.235. The van der Waals surface area contributed by atoms with Gasteiger partial charge in [0, 0.05) is 5.02 Å². The van der Waals surface area contributed by atoms with Crippen LogP contribution in [0.5, 0.6) is 0 Å². The summed E-state index contributed by atoms with van der Waals surface area (Å²) in [5, 5.41) is 1.36. The van der Waals surface area contributed by atoms with Crippen LogP contribution in [-0.4, -0.2) is 21.2 Å². The van der Waals surface area contributed by atoms with Crippen LogP contribution in [0.1, 0.15) is 5.56 Å². The number of hydrazine groups is 1. The predicted octanol–water partition coefficient (Wildman–Crippen LogP) is 2.18. The van der Waals surface area contributed by atoms with E-state index in [0.717, 1.165) is 17.3 Å². The van der Waals surface area contributed by atoms with E-state index < -0.39 is 0 Å². The van der Waals surface area contributed by atoms with Gasteiger partial charge in [0.1, 0.15) is 0 Å². The van der Waals surface area contributed by atoms with Gasteiger partial charge >= 0.3 is 0 Å². The van der Waals surface area contributed by atoms with Gasteiger partial charge in [-0.15, -0.1) is 0 Å². The number of nitrogens with one attached hydrogen (secondary N) is 1. The number of carbonyl (C=O) groups is 1. The van der Waals surface area contributed by atoms with Crippen molar-refractivity contribution in [2.75, 3.05) is 5.75 Å². The Morgan fingerprint density at radius 2 is 2.00 bits per heavy atom. The maximum Gasteiger partial charge on any atom is 0.262 e. The van der Waals surface area contributed by atoms with Crippen molar-refractivity contribution >= 4 is 40.2 Å². The van der Waals surface area contributed by atoms with Gasteiger partial charge in [0.05, 0.1) is 23.2 Å². The predicted molar refractivity (Wildman–Crippen MR) is 99.6 cm³/mol. The number of nitrogens with zero attached hydrogens (tertiary/aromatic N) is 2. The van der Waals surface area contributed by atoms with E-state index in [0.29, 0.717) is 27.6 Å². The molecule has 0 aliphatic carbocycles. The molecule has 0 atom stereocenters. The van der Waals surface area contributed by atoms with Gasteiger partial charge in [0.2, 0.25) is 5.91 Å². The molecule has 25 heavy (non-hydrogen) atoms. The first-order valence-corrected chi connectivity index (χ1v) is 8.81. The summed E-state index contributed by atoms with van der Waals surface area (Å²) in [5.41, 5.74) is 3.36. The topological polar surface area (TPSA) is 90.0 Å². The zero-order chi connectivity index (χ0) is 17.8. The molecule has 0 aliphatic heterocycles. The second-order valence-electron chi connectivity index (χ2n) is 5.29. The number of hydrogen-bond acceptors (Lipinski definition) is 5. The molecule has 3 N–H and O–H groups in total. The molecule has 0 fully saturated rings. The lowest BCUT2D eigenvalue weighted by atomic mass is 10.2. The Morgan fingerprint density at radius 1 is 1.24 bits per heavy atom. The van der Waals surface area contributed by atoms with Gasteiger partial charge in [-0.2, -0.15) is 0 Å². The Labute approximate surface area is 153 Å². The summed E-state index contributed by atoms with van der Waals surface area (Å²) in [6, 6.07) is 14.5. The fourth-order valence-electron chi connectivity index (χ4n) is 2.36. The van der Waals surface area contributed by atoms with Gasteiger partial charge in [-0.1, -0.05) is 53.7 Å². The summed E-state index contributed by atoms with van der Waals surface area (Å²) in [5.74, 6) is 4.84. The Morgan fingerprint density at radius 3 is 2.72 bits per heavy atom. The van der Waals surface area contributed by atoms with Gasteiger partial charge < -0.3 is 0 Å². The van der Waals surface area contributed by atoms with Crippen LogP contribution < -0.4 is 16.8 Å². The molecule has 6 nitrogen and oxygen atoms in total. The van der Waals surface area contributed by atoms with Crippen LogP contribution in [0.15, 0.2) is 58.5 Å². The lowest BCUT2D eigenvalue weighted by Gasteiger charge is -2.13. The van der Waals surface area contributed by atoms with Crippen molar-refractivity contribution in [2.24, 2.45) is 5.84 Å². The molecule has 1 amide bonds. The summed E-state index contributed by atoms with van der Waals surface area (Å²) < 4.78 is 1.54. The van der Waals surface area contributed by atoms with Crippen molar-refractivity contribution in [1.29, 1.82) is 0 Å². The van der Waals surface area contributed by atoms with E-state index in [-0.39, 0.29) is 17.2 Å². The van der Waals surface area contributed by atoms with E-state index in [4.69, 9.17) is 17.4 Å². The van der Waals surface area contributed by atoms with Crippen LogP contribution in [-0.2, 0) is 11.3 Å². The third-order valence-electron chi connectivity index (χ3n) is 3.56. The normalized spacial score (nSPS) is 10.8. The summed E-state index contributed by atoms with van der Waals surface area (Å²) in [4.78, 5) is 28.9. The van der Waals surface area contributed by atoms with Gasteiger partial charge in [-0.25, -0.2) is 10.8 Å². The van der Waals surface area contributed by atoms with Crippen LogP contribution >= 0.6 is 23.4 Å². The number of aromatic nitrogens is 2. The highest BCUT2D eigenvalue weighted by atomic mass is 35.5. The highest BCUT2D eigenvalue weighted by molar-refractivity contribution is 7.99. The molecule has 0 bridgehead atoms. The number of amides is 1. The first-order valence-electron chi connectivity index (χ1n) is 7.45. The molecular formula is C17H15ClN4O2S. The highest BCUT2D eigenvalue weighted by Crippen LogP contribution is 2.21. The fraction of sp³-hybridized carbons (Fsp3) is 0.118. The van der Waals surface area contributed by atoms with Crippen molar-refractivity contribution in [3.8, 4) is 0 Å². The van der Waals surface area contributed by atoms with Crippen LogP contribution in [0.3, 0.4) is 0 Å². The second kappa shape index (κ2) is 7.69. The van der Waals surface area contributed by atoms with Gasteiger partial charge in [-0.05, 0) is 23.8 Å². The molecule has 8 heteroatoms. The van der Waals surface area contributed by atoms with E-state index in [1.165, 1.54) is 0 Å². The van der Waals surface area contributed by atoms with E-state index in [1.54, 1.807) is 22.8 Å². The zero-order valence-electron chi connectivity index (χ0n) is 13.1. The summed E-state index contributed by atoms with van der Waals surface area (Å²) in [6.45, 7) is 0.349. The Balaban J connectivity index is 2.10. The second-order valence-corrected chi connectivity index (χ2v) is 6.67. The molecule has 0 saturated heterocycles. The molecule has 0 spiro atoms. The first-order chi connectivity index (χ1) is 12.1. The number of fused-ring (bicyclic) bond motifs is 1. The summed E-state index contributed by atoms with van der Waals surface area (Å²) in [7, 11) is 0. The lowest BCUT2D eigenvalue weighted by Crippen LogP contribution is -2.32. The number of carbonyl (C=O) groups excluding carboxylic acids is 1. The Hall–Kier alpha value is -2.35. The number of halogens is 1. The maximum atomic E-state index is 12.9. The van der Waals surface area contributed by atoms with Crippen molar-refractivity contribution in [3.63, 3.8) is 0 Å². The molecule has 3 rings (SSSR count). The third kappa shape index (κ3) is 4.01. The number of thioether (sulfide) groups is 1. The van der Waals surface area contributed by atoms with Gasteiger partial charge in [-0.3, -0.25) is 19.6 Å². The summed E-state index contributed by atoms with van der Waals surface area (Å²) >= 11 is 7.18. The number of hydrogen-bond donors (Lipinski definition) is 2. The molecule has 1 aromatic heterocycles. The van der Waals surface area contributed by atoms with E-state index in [1.807, 2.05) is 30.3 Å². The van der Waals surface area contributed by atoms with Crippen molar-refractivity contribution in [2.45, 2.75) is 11.7 Å². The minimum atomic E-state index is -0.346. The van der Waals surface area contributed by atoms with Crippen LogP contribution in [0.2, 0.25) is 5.02 Å². The van der Waals surface area contributed by atoms with Crippen molar-refractivity contribution in [1.82, 2.24) is 15.0 Å². The molecule has 2 aromatic carbocycles. The molecule has 0 radical (unpaired) electrons. The lowest BCUT2D eigenvalue weighted by molar-refractivity contribution is -0.118. The van der Waals surface area contributed by atoms with Crippen LogP contribution in [0.25, 0.3) is 10.9 Å². The van der Waals surface area contributed by atoms with E-state index >= 15 is 0 Å². The average molecular weight is 375 g/mol. The molecule has 0 saturated carbocycles. The monoisotopic (exact) mass is 374 g/mol. The van der Waals surface area contributed by atoms with Gasteiger partial charge in [0.15, 0.2) is 5.16 Å². The van der Waals surface area contributed by atoms with Crippen LogP contribution in [0.4, 0.5) is 0 Å². The molecule has 0 unspecified atom stereocenters. The SMILES string of the molecule is NNC(=O)CSc1nc2ccc(Cl)cc2c(=O)n1Cc1ccccc1. The van der Waals surface area contributed by atoms with E-state index in [9.17, 15) is 9.59 Å². The minimum absolute atomic E-state index is 0.0663. The van der Waals surface area contributed by atoms with E-state index in [2.05, 4.69) is 10.4 Å². The number of benzene rings is 2. The number of rotatable bonds is 5. The number of nitrogens with two attached hydrogens (primary N) is 1. The standard InChI is InChI=1S/C17H15ClN4O2S/c18-12-6-7-14-13(8-12)16(24)22(9-11-4-2-1-3-5-11)17(20-14)25-10-15(23)21-19/h1-8H,9-10,19H2,(H,21,23). The average Bonchev–Trinajstić information content (AvgIpc) is 2.63. The first kappa shape index (κ1) is 17.5. The Kier molecular flexibility index (Phi) is 5.37. The zero-order valence-corrected chi connectivity index (χ0v) is 14.7. The Bertz CT molecular complexity index is 976. The summed E-state index contributed by atoms with van der Waals surface area (Å²) in [6.07, 6.45) is 0. The van der Waals surface area contributed by atoms with Gasteiger partial charge in [0.25, 0.3) is 5.56 Å². The molecular weight excluding hydrogens is 360 g/mol. The highest BCUT2D eigenvalue weighted by Gasteiger charge is 2.14. The minimum Gasteiger partial charge on any atom is -0.294 e.